The minimum atomic E-state index is 0.545. The summed E-state index contributed by atoms with van der Waals surface area (Å²) in [6.07, 6.45) is 2.78. The lowest BCUT2D eigenvalue weighted by atomic mass is 10.3. The zero-order valence-electron chi connectivity index (χ0n) is 16.7. The second-order valence-corrected chi connectivity index (χ2v) is 7.27. The molecule has 0 amide bonds. The van der Waals surface area contributed by atoms with Crippen molar-refractivity contribution >= 4 is 17.3 Å². The Morgan fingerprint density at radius 2 is 1.90 bits per heavy atom. The van der Waals surface area contributed by atoms with Crippen LogP contribution in [0.15, 0.2) is 65.1 Å². The number of nitrogens with zero attached hydrogens (tertiary/aromatic N) is 2. The van der Waals surface area contributed by atoms with Gasteiger partial charge in [-0.3, -0.25) is 0 Å². The second kappa shape index (κ2) is 11.1. The topological polar surface area (TPSA) is 67.8 Å². The van der Waals surface area contributed by atoms with E-state index in [1.54, 1.807) is 24.6 Å². The molecule has 0 saturated carbocycles. The Kier molecular flexibility index (Phi) is 7.89. The molecule has 7 heteroatoms. The lowest BCUT2D eigenvalue weighted by Gasteiger charge is -2.11. The van der Waals surface area contributed by atoms with Crippen LogP contribution in [0, 0.1) is 0 Å². The van der Waals surface area contributed by atoms with Gasteiger partial charge < -0.3 is 20.1 Å². The molecule has 2 N–H and O–H groups in total. The summed E-state index contributed by atoms with van der Waals surface area (Å²) in [6.45, 7) is 4.27. The first-order valence-electron chi connectivity index (χ1n) is 9.58. The average molecular weight is 411 g/mol. The Morgan fingerprint density at radius 1 is 1.07 bits per heavy atom. The number of hydrogen-bond donors (Lipinski definition) is 2. The number of thiophene rings is 1. The number of benzene rings is 1. The van der Waals surface area contributed by atoms with E-state index in [2.05, 4.69) is 45.0 Å². The number of aromatic nitrogens is 1. The number of methoxy groups -OCH3 is 1. The third kappa shape index (κ3) is 6.80. The second-order valence-electron chi connectivity index (χ2n) is 6.23. The summed E-state index contributed by atoms with van der Waals surface area (Å²) in [6, 6.07) is 15.5. The van der Waals surface area contributed by atoms with E-state index < -0.39 is 0 Å². The van der Waals surface area contributed by atoms with Crippen LogP contribution in [0.1, 0.15) is 17.4 Å². The fourth-order valence-electron chi connectivity index (χ4n) is 2.60. The molecule has 2 aromatic heterocycles. The minimum absolute atomic E-state index is 0.545. The van der Waals surface area contributed by atoms with Gasteiger partial charge >= 0.3 is 0 Å². The van der Waals surface area contributed by atoms with Crippen molar-refractivity contribution in [2.45, 2.75) is 19.9 Å². The summed E-state index contributed by atoms with van der Waals surface area (Å²) in [7, 11) is 1.64. The van der Waals surface area contributed by atoms with E-state index in [0.29, 0.717) is 18.2 Å². The third-order valence-electron chi connectivity index (χ3n) is 4.09. The van der Waals surface area contributed by atoms with Crippen LogP contribution in [0.2, 0.25) is 0 Å². The maximum absolute atomic E-state index is 5.76. The fourth-order valence-corrected chi connectivity index (χ4v) is 3.31. The molecule has 0 fully saturated rings. The molecule has 0 atom stereocenters. The van der Waals surface area contributed by atoms with Gasteiger partial charge in [-0.1, -0.05) is 12.1 Å². The van der Waals surface area contributed by atoms with Crippen LogP contribution in [0.25, 0.3) is 0 Å². The lowest BCUT2D eigenvalue weighted by molar-refractivity contribution is 0.412. The van der Waals surface area contributed by atoms with Crippen molar-refractivity contribution in [2.24, 2.45) is 4.99 Å². The van der Waals surface area contributed by atoms with Crippen LogP contribution in [0.4, 0.5) is 0 Å². The van der Waals surface area contributed by atoms with E-state index in [1.165, 1.54) is 4.88 Å². The van der Waals surface area contributed by atoms with E-state index in [-0.39, 0.29) is 0 Å². The van der Waals surface area contributed by atoms with Gasteiger partial charge in [0.1, 0.15) is 11.5 Å². The van der Waals surface area contributed by atoms with Crippen LogP contribution in [-0.4, -0.2) is 31.1 Å². The first-order valence-corrected chi connectivity index (χ1v) is 10.5. The molecule has 3 aromatic rings. The van der Waals surface area contributed by atoms with Crippen LogP contribution in [0.3, 0.4) is 0 Å². The number of pyridine rings is 1. The zero-order valence-corrected chi connectivity index (χ0v) is 17.5. The van der Waals surface area contributed by atoms with Crippen molar-refractivity contribution < 1.29 is 9.47 Å². The summed E-state index contributed by atoms with van der Waals surface area (Å²) in [5, 5.41) is 8.75. The molecular formula is C22H26N4O2S. The molecule has 2 heterocycles. The molecule has 0 spiro atoms. The van der Waals surface area contributed by atoms with Crippen molar-refractivity contribution in [2.75, 3.05) is 20.2 Å². The number of ether oxygens (including phenoxy) is 2. The van der Waals surface area contributed by atoms with Gasteiger partial charge in [-0.05, 0) is 54.6 Å². The largest absolute Gasteiger partial charge is 0.497 e. The van der Waals surface area contributed by atoms with Gasteiger partial charge in [0.05, 0.1) is 13.7 Å². The Balaban J connectivity index is 1.52. The summed E-state index contributed by atoms with van der Waals surface area (Å²) in [5.41, 5.74) is 1.02. The quantitative estimate of drug-likeness (QED) is 0.408. The first kappa shape index (κ1) is 20.7. The smallest absolute Gasteiger partial charge is 0.219 e. The minimum Gasteiger partial charge on any atom is -0.497 e. The predicted molar refractivity (Wildman–Crippen MR) is 118 cm³/mol. The highest BCUT2D eigenvalue weighted by Crippen LogP contribution is 2.22. The highest BCUT2D eigenvalue weighted by atomic mass is 32.1. The van der Waals surface area contributed by atoms with Gasteiger partial charge in [0.25, 0.3) is 0 Å². The van der Waals surface area contributed by atoms with Crippen molar-refractivity contribution in [3.63, 3.8) is 0 Å². The molecule has 3 rings (SSSR count). The number of nitrogens with one attached hydrogen (secondary N) is 2. The predicted octanol–water partition coefficient (Wildman–Crippen LogP) is 4.24. The van der Waals surface area contributed by atoms with Gasteiger partial charge in [0.2, 0.25) is 5.88 Å². The number of guanidine groups is 1. The highest BCUT2D eigenvalue weighted by molar-refractivity contribution is 7.09. The zero-order chi connectivity index (χ0) is 20.3. The molecule has 0 unspecified atom stereocenters. The monoisotopic (exact) mass is 410 g/mol. The highest BCUT2D eigenvalue weighted by Gasteiger charge is 2.02. The Bertz CT molecular complexity index is 878. The van der Waals surface area contributed by atoms with Gasteiger partial charge in [-0.25, -0.2) is 9.98 Å². The van der Waals surface area contributed by atoms with E-state index in [0.717, 1.165) is 36.8 Å². The van der Waals surface area contributed by atoms with Crippen molar-refractivity contribution in [3.8, 4) is 17.4 Å². The lowest BCUT2D eigenvalue weighted by Crippen LogP contribution is -2.38. The fraction of sp³-hybridized carbons (Fsp3) is 0.273. The Morgan fingerprint density at radius 3 is 2.55 bits per heavy atom. The van der Waals surface area contributed by atoms with Gasteiger partial charge in [0, 0.05) is 30.2 Å². The summed E-state index contributed by atoms with van der Waals surface area (Å²) < 4.78 is 10.9. The van der Waals surface area contributed by atoms with Crippen molar-refractivity contribution in [1.29, 1.82) is 0 Å². The maximum Gasteiger partial charge on any atom is 0.219 e. The van der Waals surface area contributed by atoms with E-state index >= 15 is 0 Å². The van der Waals surface area contributed by atoms with Gasteiger partial charge in [-0.15, -0.1) is 11.3 Å². The van der Waals surface area contributed by atoms with Crippen LogP contribution in [0.5, 0.6) is 17.4 Å². The Hall–Kier alpha value is -3.06. The SMILES string of the molecule is CCNC(=NCc1ccc(Oc2ccc(OC)cc2)nc1)NCCc1cccs1. The molecule has 29 heavy (non-hydrogen) atoms. The van der Waals surface area contributed by atoms with E-state index in [1.807, 2.05) is 36.4 Å². The average Bonchev–Trinajstić information content (AvgIpc) is 3.27. The van der Waals surface area contributed by atoms with Crippen LogP contribution < -0.4 is 20.1 Å². The summed E-state index contributed by atoms with van der Waals surface area (Å²) in [5.74, 6) is 2.86. The van der Waals surface area contributed by atoms with E-state index in [4.69, 9.17) is 9.47 Å². The standard InChI is InChI=1S/C22H26N4O2S/c1-3-23-22(24-13-12-20-5-4-14-29-20)26-16-17-6-11-21(25-15-17)28-19-9-7-18(27-2)8-10-19/h4-11,14-15H,3,12-13,16H2,1-2H3,(H2,23,24,26). The molecule has 152 valence electrons. The van der Waals surface area contributed by atoms with Gasteiger partial charge in [-0.2, -0.15) is 0 Å². The van der Waals surface area contributed by atoms with Crippen molar-refractivity contribution in [1.82, 2.24) is 15.6 Å². The molecule has 0 aliphatic carbocycles. The Labute approximate surface area is 175 Å². The maximum atomic E-state index is 5.76. The van der Waals surface area contributed by atoms with Gasteiger partial charge in [0.15, 0.2) is 5.96 Å². The molecule has 0 saturated heterocycles. The third-order valence-corrected chi connectivity index (χ3v) is 5.02. The number of hydrogen-bond acceptors (Lipinski definition) is 5. The summed E-state index contributed by atoms with van der Waals surface area (Å²) >= 11 is 1.78. The normalized spacial score (nSPS) is 11.2. The molecular weight excluding hydrogens is 384 g/mol. The van der Waals surface area contributed by atoms with Crippen LogP contribution >= 0.6 is 11.3 Å². The van der Waals surface area contributed by atoms with Crippen LogP contribution in [-0.2, 0) is 13.0 Å². The number of rotatable bonds is 9. The molecule has 0 aliphatic heterocycles. The van der Waals surface area contributed by atoms with Crippen molar-refractivity contribution in [3.05, 3.63) is 70.5 Å². The molecule has 0 aliphatic rings. The molecule has 0 radical (unpaired) electrons. The summed E-state index contributed by atoms with van der Waals surface area (Å²) in [4.78, 5) is 10.4. The first-order chi connectivity index (χ1) is 14.3. The molecule has 0 bridgehead atoms. The molecule has 1 aromatic carbocycles. The molecule has 6 nitrogen and oxygen atoms in total. The number of aliphatic imine (C=N–C) groups is 1. The van der Waals surface area contributed by atoms with E-state index in [9.17, 15) is 0 Å².